The van der Waals surface area contributed by atoms with Crippen LogP contribution in [0.25, 0.3) is 0 Å². The van der Waals surface area contributed by atoms with E-state index in [1.807, 2.05) is 0 Å². The van der Waals surface area contributed by atoms with E-state index in [0.717, 1.165) is 25.2 Å². The molecular weight excluding hydrogens is 138 g/mol. The topological polar surface area (TPSA) is 46.2 Å². The van der Waals surface area contributed by atoms with E-state index in [0.29, 0.717) is 5.92 Å². The molecule has 3 N–H and O–H groups in total. The van der Waals surface area contributed by atoms with Crippen molar-refractivity contribution in [3.63, 3.8) is 0 Å². The van der Waals surface area contributed by atoms with Crippen molar-refractivity contribution in [1.82, 2.24) is 0 Å². The van der Waals surface area contributed by atoms with Crippen LogP contribution in [0.4, 0.5) is 0 Å². The van der Waals surface area contributed by atoms with Crippen LogP contribution >= 0.6 is 0 Å². The van der Waals surface area contributed by atoms with Gasteiger partial charge < -0.3 is 10.8 Å². The summed E-state index contributed by atoms with van der Waals surface area (Å²) in [5.74, 6) is 1.45. The molecule has 1 aliphatic carbocycles. The van der Waals surface area contributed by atoms with Gasteiger partial charge in [0.25, 0.3) is 0 Å². The average molecular weight is 157 g/mol. The maximum atomic E-state index is 9.35. The first-order valence-corrected chi connectivity index (χ1v) is 4.55. The van der Waals surface area contributed by atoms with Gasteiger partial charge in [0.15, 0.2) is 0 Å². The molecule has 66 valence electrons. The van der Waals surface area contributed by atoms with E-state index in [4.69, 9.17) is 5.73 Å². The van der Waals surface area contributed by atoms with Crippen molar-refractivity contribution in [2.24, 2.45) is 17.6 Å². The van der Waals surface area contributed by atoms with Crippen LogP contribution in [0.2, 0.25) is 0 Å². The molecule has 0 aromatic carbocycles. The number of hydrogen-bond donors (Lipinski definition) is 2. The Balaban J connectivity index is 2.40. The summed E-state index contributed by atoms with van der Waals surface area (Å²) in [6.07, 6.45) is 2.79. The van der Waals surface area contributed by atoms with Gasteiger partial charge in [-0.3, -0.25) is 0 Å². The summed E-state index contributed by atoms with van der Waals surface area (Å²) in [4.78, 5) is 0. The van der Waals surface area contributed by atoms with Crippen molar-refractivity contribution in [3.05, 3.63) is 0 Å². The van der Waals surface area contributed by atoms with Crippen LogP contribution in [0, 0.1) is 11.8 Å². The van der Waals surface area contributed by atoms with Gasteiger partial charge in [0.2, 0.25) is 0 Å². The largest absolute Gasteiger partial charge is 0.392 e. The number of nitrogens with two attached hydrogens (primary N) is 1. The van der Waals surface area contributed by atoms with E-state index in [-0.39, 0.29) is 12.1 Å². The molecule has 0 spiro atoms. The summed E-state index contributed by atoms with van der Waals surface area (Å²) in [5, 5.41) is 9.35. The predicted molar refractivity (Wildman–Crippen MR) is 46.2 cm³/mol. The molecule has 2 nitrogen and oxygen atoms in total. The van der Waals surface area contributed by atoms with Gasteiger partial charge in [0, 0.05) is 6.04 Å². The van der Waals surface area contributed by atoms with Gasteiger partial charge in [0.05, 0.1) is 6.10 Å². The molecule has 1 saturated carbocycles. The van der Waals surface area contributed by atoms with E-state index >= 15 is 0 Å². The monoisotopic (exact) mass is 157 g/mol. The van der Waals surface area contributed by atoms with Crippen LogP contribution in [0.3, 0.4) is 0 Å². The fourth-order valence-electron chi connectivity index (χ4n) is 1.83. The molecule has 3 atom stereocenters. The van der Waals surface area contributed by atoms with Gasteiger partial charge in [-0.25, -0.2) is 0 Å². The van der Waals surface area contributed by atoms with E-state index in [1.165, 1.54) is 0 Å². The number of hydrogen-bond acceptors (Lipinski definition) is 2. The second kappa shape index (κ2) is 3.55. The molecule has 0 unspecified atom stereocenters. The number of aliphatic hydroxyl groups excluding tert-OH is 1. The lowest BCUT2D eigenvalue weighted by Crippen LogP contribution is -2.41. The fraction of sp³-hybridized carbons (Fsp3) is 1.00. The summed E-state index contributed by atoms with van der Waals surface area (Å²) in [7, 11) is 0. The zero-order chi connectivity index (χ0) is 8.43. The lowest BCUT2D eigenvalue weighted by molar-refractivity contribution is 0.0752. The smallest absolute Gasteiger partial charge is 0.0691 e. The molecule has 0 saturated heterocycles. The Bertz CT molecular complexity index is 125. The highest BCUT2D eigenvalue weighted by Crippen LogP contribution is 2.29. The Kier molecular flexibility index (Phi) is 2.90. The molecule has 0 radical (unpaired) electrons. The first kappa shape index (κ1) is 9.01. The van der Waals surface area contributed by atoms with Crippen LogP contribution in [0.5, 0.6) is 0 Å². The molecular formula is C9H19NO. The van der Waals surface area contributed by atoms with E-state index in [1.54, 1.807) is 0 Å². The molecule has 0 heterocycles. The standard InChI is InChI=1S/C9H19NO/c1-6(2)7-3-4-9(11)8(10)5-7/h6-9,11H,3-5,10H2,1-2H3/t7-,8+,9+/m0/s1. The van der Waals surface area contributed by atoms with Crippen LogP contribution in [0.15, 0.2) is 0 Å². The molecule has 1 rings (SSSR count). The molecule has 0 bridgehead atoms. The first-order valence-electron chi connectivity index (χ1n) is 4.55. The zero-order valence-corrected chi connectivity index (χ0v) is 7.46. The summed E-state index contributed by atoms with van der Waals surface area (Å²) < 4.78 is 0. The third-order valence-electron chi connectivity index (χ3n) is 2.85. The van der Waals surface area contributed by atoms with E-state index in [9.17, 15) is 5.11 Å². The third kappa shape index (κ3) is 2.17. The van der Waals surface area contributed by atoms with Gasteiger partial charge in [-0.1, -0.05) is 13.8 Å². The summed E-state index contributed by atoms with van der Waals surface area (Å²) in [5.41, 5.74) is 5.76. The van der Waals surface area contributed by atoms with Crippen molar-refractivity contribution < 1.29 is 5.11 Å². The molecule has 0 aliphatic heterocycles. The minimum atomic E-state index is -0.245. The Morgan fingerprint density at radius 2 is 2.00 bits per heavy atom. The maximum absolute atomic E-state index is 9.35. The van der Waals surface area contributed by atoms with Crippen molar-refractivity contribution in [2.45, 2.75) is 45.3 Å². The fourth-order valence-corrected chi connectivity index (χ4v) is 1.83. The second-order valence-electron chi connectivity index (χ2n) is 4.05. The summed E-state index contributed by atoms with van der Waals surface area (Å²) in [6, 6.07) is 0.0242. The van der Waals surface area contributed by atoms with Crippen molar-refractivity contribution >= 4 is 0 Å². The van der Waals surface area contributed by atoms with Crippen LogP contribution in [-0.4, -0.2) is 17.3 Å². The summed E-state index contributed by atoms with van der Waals surface area (Å²) >= 11 is 0. The maximum Gasteiger partial charge on any atom is 0.0691 e. The molecule has 0 aromatic heterocycles. The van der Waals surface area contributed by atoms with Crippen molar-refractivity contribution in [1.29, 1.82) is 0 Å². The van der Waals surface area contributed by atoms with E-state index < -0.39 is 0 Å². The highest BCUT2D eigenvalue weighted by molar-refractivity contribution is 4.83. The lowest BCUT2D eigenvalue weighted by Gasteiger charge is -2.32. The zero-order valence-electron chi connectivity index (χ0n) is 7.46. The Morgan fingerprint density at radius 1 is 1.36 bits per heavy atom. The van der Waals surface area contributed by atoms with Crippen LogP contribution in [-0.2, 0) is 0 Å². The summed E-state index contributed by atoms with van der Waals surface area (Å²) in [6.45, 7) is 4.46. The second-order valence-corrected chi connectivity index (χ2v) is 4.05. The van der Waals surface area contributed by atoms with Gasteiger partial charge >= 0.3 is 0 Å². The Hall–Kier alpha value is -0.0800. The number of aliphatic hydroxyl groups is 1. The highest BCUT2D eigenvalue weighted by Gasteiger charge is 2.27. The van der Waals surface area contributed by atoms with Crippen LogP contribution in [0.1, 0.15) is 33.1 Å². The third-order valence-corrected chi connectivity index (χ3v) is 2.85. The molecule has 0 amide bonds. The first-order chi connectivity index (χ1) is 5.11. The van der Waals surface area contributed by atoms with Gasteiger partial charge in [-0.05, 0) is 31.1 Å². The molecule has 11 heavy (non-hydrogen) atoms. The Morgan fingerprint density at radius 3 is 2.45 bits per heavy atom. The highest BCUT2D eigenvalue weighted by atomic mass is 16.3. The van der Waals surface area contributed by atoms with Crippen molar-refractivity contribution in [2.75, 3.05) is 0 Å². The van der Waals surface area contributed by atoms with Gasteiger partial charge in [-0.2, -0.15) is 0 Å². The minimum Gasteiger partial charge on any atom is -0.392 e. The SMILES string of the molecule is CC(C)[C@H]1CC[C@@H](O)[C@H](N)C1. The van der Waals surface area contributed by atoms with Crippen molar-refractivity contribution in [3.8, 4) is 0 Å². The Labute approximate surface area is 68.8 Å². The molecule has 1 fully saturated rings. The van der Waals surface area contributed by atoms with Gasteiger partial charge in [-0.15, -0.1) is 0 Å². The molecule has 1 aliphatic rings. The van der Waals surface area contributed by atoms with Crippen LogP contribution < -0.4 is 5.73 Å². The molecule has 2 heteroatoms. The predicted octanol–water partition coefficient (Wildman–Crippen LogP) is 1.13. The van der Waals surface area contributed by atoms with E-state index in [2.05, 4.69) is 13.8 Å². The minimum absolute atomic E-state index is 0.0242. The molecule has 0 aromatic rings. The van der Waals surface area contributed by atoms with Gasteiger partial charge in [0.1, 0.15) is 0 Å². The lowest BCUT2D eigenvalue weighted by atomic mass is 9.78. The average Bonchev–Trinajstić information content (AvgIpc) is 1.94. The quantitative estimate of drug-likeness (QED) is 0.599. The normalized spacial score (nSPS) is 39.5. The number of rotatable bonds is 1.